The Morgan fingerprint density at radius 1 is 1.28 bits per heavy atom. The molecule has 2 atom stereocenters. The second-order valence-electron chi connectivity index (χ2n) is 5.98. The molecule has 1 saturated heterocycles. The number of ether oxygens (including phenoxy) is 3. The highest BCUT2D eigenvalue weighted by Crippen LogP contribution is 2.25. The van der Waals surface area contributed by atoms with Gasteiger partial charge in [-0.15, -0.1) is 5.10 Å². The van der Waals surface area contributed by atoms with Crippen molar-refractivity contribution in [3.8, 4) is 0 Å². The number of nitrogens with two attached hydrogens (primary N) is 1. The zero-order chi connectivity index (χ0) is 21.1. The molecule has 2 unspecified atom stereocenters. The molecule has 1 fully saturated rings. The molecule has 0 spiro atoms. The van der Waals surface area contributed by atoms with Crippen molar-refractivity contribution in [2.24, 2.45) is 5.73 Å². The number of rotatable bonds is 7. The average molecular weight is 406 g/mol. The van der Waals surface area contributed by atoms with Gasteiger partial charge < -0.3 is 19.9 Å². The molecule has 29 heavy (non-hydrogen) atoms. The second kappa shape index (κ2) is 8.34. The monoisotopic (exact) mass is 406 g/mol. The van der Waals surface area contributed by atoms with Gasteiger partial charge in [-0.1, -0.05) is 5.21 Å². The van der Waals surface area contributed by atoms with Gasteiger partial charge in [0.15, 0.2) is 23.0 Å². The first-order valence-electron chi connectivity index (χ1n) is 8.60. The summed E-state index contributed by atoms with van der Waals surface area (Å²) in [6, 6.07) is 0. The smallest absolute Gasteiger partial charge is 0.361 e. The van der Waals surface area contributed by atoms with E-state index in [2.05, 4.69) is 15.4 Å². The predicted molar refractivity (Wildman–Crippen MR) is 93.9 cm³/mol. The summed E-state index contributed by atoms with van der Waals surface area (Å²) in [7, 11) is 0. The summed E-state index contributed by atoms with van der Waals surface area (Å²) >= 11 is 0. The molecule has 0 aromatic carbocycles. The van der Waals surface area contributed by atoms with Crippen LogP contribution in [-0.4, -0.2) is 61.9 Å². The minimum atomic E-state index is -0.928. The summed E-state index contributed by atoms with van der Waals surface area (Å²) in [5, 5.41) is 11.7. The second-order valence-corrected chi connectivity index (χ2v) is 5.98. The van der Waals surface area contributed by atoms with Crippen LogP contribution in [0.3, 0.4) is 0 Å². The molecule has 3 heterocycles. The number of primary amides is 1. The molecule has 0 aliphatic carbocycles. The van der Waals surface area contributed by atoms with E-state index in [1.54, 1.807) is 13.3 Å². The Balaban J connectivity index is 1.98. The predicted octanol–water partition coefficient (Wildman–Crippen LogP) is -1.48. The van der Waals surface area contributed by atoms with Gasteiger partial charge in [0.05, 0.1) is 12.7 Å². The molecular formula is C16H18N6O7. The van der Waals surface area contributed by atoms with E-state index >= 15 is 0 Å². The van der Waals surface area contributed by atoms with Crippen molar-refractivity contribution in [1.82, 2.24) is 24.8 Å². The highest BCUT2D eigenvalue weighted by molar-refractivity contribution is 6.00. The maximum absolute atomic E-state index is 13.0. The molecule has 13 heteroatoms. The fraction of sp³-hybridized carbons (Fsp3) is 0.438. The minimum Gasteiger partial charge on any atom is -0.463 e. The van der Waals surface area contributed by atoms with Gasteiger partial charge in [0, 0.05) is 19.8 Å². The molecule has 2 radical (unpaired) electrons. The van der Waals surface area contributed by atoms with Crippen LogP contribution in [0.5, 0.6) is 0 Å². The summed E-state index contributed by atoms with van der Waals surface area (Å²) in [6.45, 7) is 2.47. The highest BCUT2D eigenvalue weighted by atomic mass is 16.6. The molecule has 1 amide bonds. The minimum absolute atomic E-state index is 0.0284. The number of aromatic nitrogens is 5. The van der Waals surface area contributed by atoms with Crippen molar-refractivity contribution in [3.05, 3.63) is 28.9 Å². The van der Waals surface area contributed by atoms with Crippen molar-refractivity contribution >= 4 is 28.9 Å². The molecule has 3 rings (SSSR count). The number of hydrogen-bond donors (Lipinski definition) is 1. The highest BCUT2D eigenvalue weighted by Gasteiger charge is 2.32. The molecule has 2 aromatic rings. The van der Waals surface area contributed by atoms with E-state index in [0.29, 0.717) is 0 Å². The van der Waals surface area contributed by atoms with Crippen LogP contribution < -0.4 is 11.3 Å². The SMILES string of the molecule is CCOC(=O)c1nn(CC(N)=O)c2c(=O)n(C3[CH][CH]C(COC(C)=O)O3)nnc12. The normalized spacial score (nSPS) is 18.7. The summed E-state index contributed by atoms with van der Waals surface area (Å²) in [5.74, 6) is -2.05. The Hall–Kier alpha value is -3.35. The number of carbonyl (C=O) groups is 3. The summed E-state index contributed by atoms with van der Waals surface area (Å²) in [4.78, 5) is 47.4. The van der Waals surface area contributed by atoms with Gasteiger partial charge in [-0.3, -0.25) is 14.4 Å². The number of amides is 1. The van der Waals surface area contributed by atoms with Crippen molar-refractivity contribution in [2.45, 2.75) is 32.7 Å². The summed E-state index contributed by atoms with van der Waals surface area (Å²) in [6.07, 6.45) is 1.65. The number of fused-ring (bicyclic) bond motifs is 1. The largest absolute Gasteiger partial charge is 0.463 e. The zero-order valence-corrected chi connectivity index (χ0v) is 15.6. The third-order valence-corrected chi connectivity index (χ3v) is 3.85. The topological polar surface area (TPSA) is 171 Å². The third-order valence-electron chi connectivity index (χ3n) is 3.85. The van der Waals surface area contributed by atoms with Crippen molar-refractivity contribution in [2.75, 3.05) is 13.2 Å². The molecule has 1 aliphatic heterocycles. The van der Waals surface area contributed by atoms with Gasteiger partial charge in [-0.25, -0.2) is 9.48 Å². The van der Waals surface area contributed by atoms with Gasteiger partial charge in [0.25, 0.3) is 5.56 Å². The van der Waals surface area contributed by atoms with Crippen LogP contribution in [0.1, 0.15) is 30.6 Å². The van der Waals surface area contributed by atoms with Crippen LogP contribution in [0.25, 0.3) is 11.0 Å². The van der Waals surface area contributed by atoms with Crippen LogP contribution >= 0.6 is 0 Å². The van der Waals surface area contributed by atoms with E-state index in [9.17, 15) is 19.2 Å². The number of esters is 2. The van der Waals surface area contributed by atoms with E-state index in [4.69, 9.17) is 19.9 Å². The van der Waals surface area contributed by atoms with Crippen LogP contribution in [-0.2, 0) is 30.3 Å². The molecule has 154 valence electrons. The molecule has 1 aliphatic rings. The van der Waals surface area contributed by atoms with Crippen LogP contribution in [0.15, 0.2) is 4.79 Å². The molecule has 13 nitrogen and oxygen atoms in total. The summed E-state index contributed by atoms with van der Waals surface area (Å²) < 4.78 is 17.3. The van der Waals surface area contributed by atoms with E-state index in [1.807, 2.05) is 0 Å². The molecule has 0 saturated carbocycles. The fourth-order valence-electron chi connectivity index (χ4n) is 2.69. The first kappa shape index (κ1) is 20.4. The van der Waals surface area contributed by atoms with E-state index < -0.39 is 42.3 Å². The van der Waals surface area contributed by atoms with Gasteiger partial charge >= 0.3 is 11.9 Å². The van der Waals surface area contributed by atoms with Gasteiger partial charge in [-0.2, -0.15) is 9.78 Å². The zero-order valence-electron chi connectivity index (χ0n) is 15.6. The lowest BCUT2D eigenvalue weighted by Gasteiger charge is -2.14. The van der Waals surface area contributed by atoms with Crippen LogP contribution in [0, 0.1) is 12.8 Å². The third kappa shape index (κ3) is 4.23. The Kier molecular flexibility index (Phi) is 5.87. The van der Waals surface area contributed by atoms with Gasteiger partial charge in [-0.05, 0) is 6.92 Å². The lowest BCUT2D eigenvalue weighted by molar-refractivity contribution is -0.145. The Labute approximate surface area is 163 Å². The fourth-order valence-corrected chi connectivity index (χ4v) is 2.69. The average Bonchev–Trinajstić information content (AvgIpc) is 3.25. The first-order chi connectivity index (χ1) is 13.8. The van der Waals surface area contributed by atoms with E-state index in [0.717, 1.165) is 9.36 Å². The summed E-state index contributed by atoms with van der Waals surface area (Å²) in [5.41, 5.74) is 3.98. The maximum Gasteiger partial charge on any atom is 0.361 e. The van der Waals surface area contributed by atoms with Crippen LogP contribution in [0.2, 0.25) is 0 Å². The van der Waals surface area contributed by atoms with E-state index in [-0.39, 0.29) is 29.9 Å². The lowest BCUT2D eigenvalue weighted by atomic mass is 10.2. The van der Waals surface area contributed by atoms with Crippen molar-refractivity contribution < 1.29 is 28.6 Å². The standard InChI is InChI=1S/C16H18N6O7/c1-3-27-16(26)13-12-14(21(19-13)6-10(17)24)15(25)22(20-18-12)11-5-4-9(29-11)7-28-8(2)23/h4-5,9,11H,3,6-7H2,1-2H3,(H2,17,24). The number of carbonyl (C=O) groups excluding carboxylic acids is 3. The van der Waals surface area contributed by atoms with Crippen molar-refractivity contribution in [3.63, 3.8) is 0 Å². The van der Waals surface area contributed by atoms with Crippen LogP contribution in [0.4, 0.5) is 0 Å². The Bertz CT molecular complexity index is 1010. The first-order valence-corrected chi connectivity index (χ1v) is 8.60. The van der Waals surface area contributed by atoms with E-state index in [1.165, 1.54) is 13.3 Å². The molecule has 2 aromatic heterocycles. The quantitative estimate of drug-likeness (QED) is 0.535. The number of hydrogen-bond acceptors (Lipinski definition) is 10. The molecule has 0 bridgehead atoms. The van der Waals surface area contributed by atoms with Gasteiger partial charge in [0.1, 0.15) is 13.2 Å². The maximum atomic E-state index is 13.0. The Morgan fingerprint density at radius 3 is 2.69 bits per heavy atom. The number of nitrogens with zero attached hydrogens (tertiary/aromatic N) is 5. The Morgan fingerprint density at radius 2 is 2.03 bits per heavy atom. The lowest BCUT2D eigenvalue weighted by Crippen LogP contribution is -2.31. The van der Waals surface area contributed by atoms with Crippen molar-refractivity contribution in [1.29, 1.82) is 0 Å². The molecular weight excluding hydrogens is 388 g/mol. The molecule has 2 N–H and O–H groups in total. The van der Waals surface area contributed by atoms with Gasteiger partial charge in [0.2, 0.25) is 5.91 Å².